The van der Waals surface area contributed by atoms with Crippen LogP contribution >= 0.6 is 12.6 Å². The molecule has 0 rings (SSSR count). The lowest BCUT2D eigenvalue weighted by Crippen LogP contribution is -2.44. The first-order valence-corrected chi connectivity index (χ1v) is 8.91. The molecule has 0 aromatic rings. The van der Waals surface area contributed by atoms with E-state index in [1.807, 2.05) is 0 Å². The number of hydrogen-bond donors (Lipinski definition) is 1. The normalized spacial score (nSPS) is 15.0. The maximum absolute atomic E-state index is 6.00. The fourth-order valence-electron chi connectivity index (χ4n) is 1.82. The molecule has 0 aromatic carbocycles. The highest BCUT2D eigenvalue weighted by Gasteiger charge is 2.35. The molecule has 1 unspecified atom stereocenters. The van der Waals surface area contributed by atoms with Gasteiger partial charge < -0.3 is 8.85 Å². The van der Waals surface area contributed by atoms with E-state index in [-0.39, 0.29) is 12.2 Å². The van der Waals surface area contributed by atoms with Crippen molar-refractivity contribution in [2.45, 2.75) is 59.4 Å². The Labute approximate surface area is 101 Å². The van der Waals surface area contributed by atoms with Crippen molar-refractivity contribution in [1.82, 2.24) is 0 Å². The first-order chi connectivity index (χ1) is 6.79. The average molecular weight is 250 g/mol. The third-order valence-corrected chi connectivity index (χ3v) is 6.00. The minimum atomic E-state index is -2.01. The van der Waals surface area contributed by atoms with Gasteiger partial charge in [0.25, 0.3) is 0 Å². The molecule has 0 radical (unpaired) electrons. The molecule has 1 atom stereocenters. The maximum atomic E-state index is 6.00. The Kier molecular flexibility index (Phi) is 7.16. The first-order valence-electron chi connectivity index (χ1n) is 5.75. The second-order valence-corrected chi connectivity index (χ2v) is 8.47. The zero-order valence-corrected chi connectivity index (χ0v) is 12.8. The minimum Gasteiger partial charge on any atom is -0.392 e. The molecule has 0 heterocycles. The van der Waals surface area contributed by atoms with Gasteiger partial charge in [0.15, 0.2) is 0 Å². The summed E-state index contributed by atoms with van der Waals surface area (Å²) >= 11 is 4.32. The Morgan fingerprint density at radius 2 is 1.40 bits per heavy atom. The van der Waals surface area contributed by atoms with Gasteiger partial charge >= 0.3 is 8.56 Å². The molecule has 4 heteroatoms. The van der Waals surface area contributed by atoms with Gasteiger partial charge in [-0.3, -0.25) is 0 Å². The molecule has 0 bridgehead atoms. The van der Waals surface area contributed by atoms with Gasteiger partial charge in [0, 0.05) is 12.2 Å². The zero-order chi connectivity index (χ0) is 12.1. The SMILES string of the molecule is CC(CS)C[Si](C)(OC(C)C)OC(C)C. The third-order valence-electron chi connectivity index (χ3n) is 2.00. The van der Waals surface area contributed by atoms with Crippen LogP contribution in [0.4, 0.5) is 0 Å². The van der Waals surface area contributed by atoms with E-state index in [4.69, 9.17) is 8.85 Å². The van der Waals surface area contributed by atoms with Gasteiger partial charge in [0.05, 0.1) is 0 Å². The van der Waals surface area contributed by atoms with Crippen LogP contribution in [-0.2, 0) is 8.85 Å². The lowest BCUT2D eigenvalue weighted by molar-refractivity contribution is 0.107. The quantitative estimate of drug-likeness (QED) is 0.551. The van der Waals surface area contributed by atoms with E-state index in [1.54, 1.807) is 0 Å². The summed E-state index contributed by atoms with van der Waals surface area (Å²) in [6.07, 6.45) is 0.486. The van der Waals surface area contributed by atoms with Crippen molar-refractivity contribution in [3.05, 3.63) is 0 Å². The first kappa shape index (κ1) is 15.5. The highest BCUT2D eigenvalue weighted by atomic mass is 32.1. The van der Waals surface area contributed by atoms with Gasteiger partial charge in [-0.05, 0) is 52.0 Å². The van der Waals surface area contributed by atoms with E-state index >= 15 is 0 Å². The second kappa shape index (κ2) is 6.94. The largest absolute Gasteiger partial charge is 0.392 e. The molecule has 2 nitrogen and oxygen atoms in total. The van der Waals surface area contributed by atoms with Gasteiger partial charge in [-0.25, -0.2) is 0 Å². The van der Waals surface area contributed by atoms with Crippen molar-refractivity contribution >= 4 is 21.2 Å². The minimum absolute atomic E-state index is 0.243. The Morgan fingerprint density at radius 3 is 1.67 bits per heavy atom. The van der Waals surface area contributed by atoms with Crippen molar-refractivity contribution < 1.29 is 8.85 Å². The van der Waals surface area contributed by atoms with Crippen LogP contribution in [0.15, 0.2) is 0 Å². The Balaban J connectivity index is 4.39. The van der Waals surface area contributed by atoms with Crippen LogP contribution in [0, 0.1) is 5.92 Å². The fourth-order valence-corrected chi connectivity index (χ4v) is 5.84. The molecular formula is C11H26O2SSi. The molecule has 0 aliphatic rings. The predicted molar refractivity (Wildman–Crippen MR) is 71.9 cm³/mol. The van der Waals surface area contributed by atoms with Crippen LogP contribution in [-0.4, -0.2) is 26.5 Å². The van der Waals surface area contributed by atoms with Crippen LogP contribution in [0.3, 0.4) is 0 Å². The molecule has 0 aliphatic heterocycles. The predicted octanol–water partition coefficient (Wildman–Crippen LogP) is 3.47. The summed E-state index contributed by atoms with van der Waals surface area (Å²) in [5.41, 5.74) is 0. The monoisotopic (exact) mass is 250 g/mol. The van der Waals surface area contributed by atoms with Gasteiger partial charge in [0.1, 0.15) is 0 Å². The standard InChI is InChI=1S/C11H26O2SSi/c1-9(2)12-15(6,13-10(3)4)8-11(5)7-14/h9-11,14H,7-8H2,1-6H3. The summed E-state index contributed by atoms with van der Waals surface area (Å²) in [4.78, 5) is 0. The van der Waals surface area contributed by atoms with E-state index in [2.05, 4.69) is 53.8 Å². The summed E-state index contributed by atoms with van der Waals surface area (Å²) in [5.74, 6) is 1.45. The molecule has 0 saturated heterocycles. The summed E-state index contributed by atoms with van der Waals surface area (Å²) in [5, 5.41) is 0. The highest BCUT2D eigenvalue weighted by Crippen LogP contribution is 2.23. The van der Waals surface area contributed by atoms with Crippen LogP contribution in [0.25, 0.3) is 0 Å². The Hall–Kier alpha value is 0.487. The van der Waals surface area contributed by atoms with Gasteiger partial charge in [-0.15, -0.1) is 0 Å². The molecule has 92 valence electrons. The fraction of sp³-hybridized carbons (Fsp3) is 1.00. The summed E-state index contributed by atoms with van der Waals surface area (Å²) < 4.78 is 12.0. The van der Waals surface area contributed by atoms with Crippen molar-refractivity contribution in [2.75, 3.05) is 5.75 Å². The van der Waals surface area contributed by atoms with Crippen LogP contribution in [0.5, 0.6) is 0 Å². The smallest absolute Gasteiger partial charge is 0.335 e. The molecule has 0 N–H and O–H groups in total. The lowest BCUT2D eigenvalue weighted by atomic mass is 10.3. The van der Waals surface area contributed by atoms with E-state index in [9.17, 15) is 0 Å². The number of thiol groups is 1. The number of rotatable bonds is 7. The van der Waals surface area contributed by atoms with Crippen LogP contribution in [0.1, 0.15) is 34.6 Å². The molecule has 0 aromatic heterocycles. The molecular weight excluding hydrogens is 224 g/mol. The van der Waals surface area contributed by atoms with E-state index in [0.29, 0.717) is 5.92 Å². The molecule has 15 heavy (non-hydrogen) atoms. The van der Waals surface area contributed by atoms with E-state index in [0.717, 1.165) is 11.8 Å². The highest BCUT2D eigenvalue weighted by molar-refractivity contribution is 7.80. The lowest BCUT2D eigenvalue weighted by Gasteiger charge is -2.32. The zero-order valence-electron chi connectivity index (χ0n) is 10.9. The molecule has 0 aliphatic carbocycles. The molecule has 0 spiro atoms. The maximum Gasteiger partial charge on any atom is 0.335 e. The summed E-state index contributed by atoms with van der Waals surface area (Å²) in [6.45, 7) is 12.6. The molecule has 0 fully saturated rings. The Morgan fingerprint density at radius 1 is 1.00 bits per heavy atom. The molecule has 0 saturated carbocycles. The summed E-state index contributed by atoms with van der Waals surface area (Å²) in [7, 11) is -2.01. The van der Waals surface area contributed by atoms with Crippen LogP contribution in [0.2, 0.25) is 12.6 Å². The van der Waals surface area contributed by atoms with Crippen molar-refractivity contribution in [1.29, 1.82) is 0 Å². The summed E-state index contributed by atoms with van der Waals surface area (Å²) in [6, 6.07) is 1.02. The topological polar surface area (TPSA) is 18.5 Å². The van der Waals surface area contributed by atoms with Gasteiger partial charge in [0.2, 0.25) is 0 Å². The second-order valence-electron chi connectivity index (χ2n) is 4.96. The Bertz CT molecular complexity index is 164. The third kappa shape index (κ3) is 7.39. The van der Waals surface area contributed by atoms with Crippen molar-refractivity contribution in [3.8, 4) is 0 Å². The van der Waals surface area contributed by atoms with Crippen LogP contribution < -0.4 is 0 Å². The van der Waals surface area contributed by atoms with Crippen molar-refractivity contribution in [2.24, 2.45) is 5.92 Å². The number of hydrogen-bond acceptors (Lipinski definition) is 3. The average Bonchev–Trinajstić information content (AvgIpc) is 1.99. The van der Waals surface area contributed by atoms with E-state index in [1.165, 1.54) is 0 Å². The van der Waals surface area contributed by atoms with Crippen molar-refractivity contribution in [3.63, 3.8) is 0 Å². The van der Waals surface area contributed by atoms with E-state index < -0.39 is 8.56 Å². The van der Waals surface area contributed by atoms with Gasteiger partial charge in [-0.1, -0.05) is 6.92 Å². The molecule has 0 amide bonds. The van der Waals surface area contributed by atoms with Gasteiger partial charge in [-0.2, -0.15) is 12.6 Å².